The fraction of sp³-hybridized carbons (Fsp3) is 0.250. The van der Waals surface area contributed by atoms with Gasteiger partial charge >= 0.3 is 0 Å². The molecule has 1 atom stereocenters. The average Bonchev–Trinajstić information content (AvgIpc) is 3.25. The Balaban J connectivity index is 0.00000300. The quantitative estimate of drug-likeness (QED) is 0.290. The lowest BCUT2D eigenvalue weighted by Crippen LogP contribution is -2.41. The Labute approximate surface area is 186 Å². The normalized spacial score (nSPS) is 12.0. The first-order valence-corrected chi connectivity index (χ1v) is 8.95. The lowest BCUT2D eigenvalue weighted by molar-refractivity contribution is 0.223. The first-order chi connectivity index (χ1) is 13.6. The van der Waals surface area contributed by atoms with Gasteiger partial charge in [0.1, 0.15) is 30.3 Å². The zero-order valence-corrected chi connectivity index (χ0v) is 18.6. The summed E-state index contributed by atoms with van der Waals surface area (Å²) >= 11 is 0. The van der Waals surface area contributed by atoms with Crippen molar-refractivity contribution in [3.8, 4) is 11.4 Å². The third kappa shape index (κ3) is 7.00. The molecule has 0 amide bonds. The van der Waals surface area contributed by atoms with Crippen molar-refractivity contribution in [2.45, 2.75) is 19.6 Å². The molecule has 0 fully saturated rings. The van der Waals surface area contributed by atoms with E-state index in [4.69, 9.17) is 4.74 Å². The monoisotopic (exact) mass is 510 g/mol. The van der Waals surface area contributed by atoms with Crippen LogP contribution in [0.2, 0.25) is 0 Å². The van der Waals surface area contributed by atoms with Crippen molar-refractivity contribution in [3.05, 3.63) is 72.6 Å². The van der Waals surface area contributed by atoms with E-state index in [0.717, 1.165) is 11.3 Å². The molecule has 0 radical (unpaired) electrons. The topological polar surface area (TPSA) is 76.4 Å². The molecule has 9 heteroatoms. The minimum Gasteiger partial charge on any atom is -0.489 e. The Morgan fingerprint density at radius 1 is 1.14 bits per heavy atom. The highest BCUT2D eigenvalue weighted by Gasteiger charge is 2.06. The molecule has 0 bridgehead atoms. The highest BCUT2D eigenvalue weighted by molar-refractivity contribution is 14.0. The first kappa shape index (κ1) is 22.6. The van der Waals surface area contributed by atoms with Crippen LogP contribution in [0.5, 0.6) is 5.75 Å². The van der Waals surface area contributed by atoms with E-state index < -0.39 is 0 Å². The number of guanidine groups is 1. The first-order valence-electron chi connectivity index (χ1n) is 8.95. The van der Waals surface area contributed by atoms with Gasteiger partial charge in [0.2, 0.25) is 0 Å². The van der Waals surface area contributed by atoms with Crippen LogP contribution in [0.1, 0.15) is 12.5 Å². The predicted molar refractivity (Wildman–Crippen MR) is 121 cm³/mol. The van der Waals surface area contributed by atoms with Crippen molar-refractivity contribution < 1.29 is 9.13 Å². The number of halogens is 2. The molecule has 3 aromatic rings. The van der Waals surface area contributed by atoms with Crippen molar-refractivity contribution >= 4 is 29.9 Å². The van der Waals surface area contributed by atoms with Gasteiger partial charge in [-0.2, -0.15) is 5.10 Å². The second-order valence-corrected chi connectivity index (χ2v) is 6.20. The lowest BCUT2D eigenvalue weighted by atomic mass is 10.2. The molecule has 0 spiro atoms. The molecule has 0 aliphatic rings. The van der Waals surface area contributed by atoms with E-state index in [9.17, 15) is 4.39 Å². The van der Waals surface area contributed by atoms with E-state index in [1.54, 1.807) is 30.2 Å². The van der Waals surface area contributed by atoms with E-state index in [0.29, 0.717) is 24.8 Å². The van der Waals surface area contributed by atoms with Gasteiger partial charge < -0.3 is 15.4 Å². The Morgan fingerprint density at radius 2 is 1.86 bits per heavy atom. The molecule has 0 aliphatic carbocycles. The van der Waals surface area contributed by atoms with Crippen molar-refractivity contribution in [2.24, 2.45) is 4.99 Å². The van der Waals surface area contributed by atoms with Crippen molar-refractivity contribution in [3.63, 3.8) is 0 Å². The summed E-state index contributed by atoms with van der Waals surface area (Å²) in [5.74, 6) is 1.03. The number of ether oxygens (including phenoxy) is 1. The zero-order chi connectivity index (χ0) is 19.8. The maximum Gasteiger partial charge on any atom is 0.191 e. The zero-order valence-electron chi connectivity index (χ0n) is 16.2. The molecular formula is C20H24FIN6O. The summed E-state index contributed by atoms with van der Waals surface area (Å²) in [6.07, 6.45) is 3.06. The van der Waals surface area contributed by atoms with Crippen LogP contribution in [0.25, 0.3) is 5.69 Å². The van der Waals surface area contributed by atoms with Gasteiger partial charge in [0.15, 0.2) is 5.96 Å². The van der Waals surface area contributed by atoms with E-state index in [2.05, 4.69) is 25.7 Å². The molecule has 1 heterocycles. The number of rotatable bonds is 7. The van der Waals surface area contributed by atoms with Crippen LogP contribution in [0.3, 0.4) is 0 Å². The van der Waals surface area contributed by atoms with Gasteiger partial charge in [0, 0.05) is 13.6 Å². The fourth-order valence-electron chi connectivity index (χ4n) is 2.54. The van der Waals surface area contributed by atoms with Gasteiger partial charge in [-0.15, -0.1) is 24.0 Å². The maximum atomic E-state index is 12.9. The van der Waals surface area contributed by atoms with Gasteiger partial charge in [-0.05, 0) is 48.9 Å². The second-order valence-electron chi connectivity index (χ2n) is 6.20. The number of nitrogens with one attached hydrogen (secondary N) is 2. The summed E-state index contributed by atoms with van der Waals surface area (Å²) in [6, 6.07) is 14.0. The van der Waals surface area contributed by atoms with Crippen LogP contribution >= 0.6 is 24.0 Å². The van der Waals surface area contributed by atoms with E-state index in [-0.39, 0.29) is 35.9 Å². The molecular weight excluding hydrogens is 486 g/mol. The van der Waals surface area contributed by atoms with E-state index in [1.165, 1.54) is 18.5 Å². The third-order valence-electron chi connectivity index (χ3n) is 4.01. The SMILES string of the molecule is CN=C(NCc1ccc(-n2cncn2)cc1)NCC(C)Oc1ccc(F)cc1.I. The number of aliphatic imine (C=N–C) groups is 1. The van der Waals surface area contributed by atoms with Gasteiger partial charge in [-0.1, -0.05) is 12.1 Å². The largest absolute Gasteiger partial charge is 0.489 e. The Bertz CT molecular complexity index is 884. The van der Waals surface area contributed by atoms with Crippen molar-refractivity contribution in [1.82, 2.24) is 25.4 Å². The molecule has 2 N–H and O–H groups in total. The molecule has 1 aromatic heterocycles. The smallest absolute Gasteiger partial charge is 0.191 e. The number of nitrogens with zero attached hydrogens (tertiary/aromatic N) is 4. The summed E-state index contributed by atoms with van der Waals surface area (Å²) < 4.78 is 20.4. The van der Waals surface area contributed by atoms with Crippen LogP contribution < -0.4 is 15.4 Å². The summed E-state index contributed by atoms with van der Waals surface area (Å²) in [6.45, 7) is 3.12. The van der Waals surface area contributed by atoms with Crippen LogP contribution in [-0.2, 0) is 6.54 Å². The molecule has 154 valence electrons. The van der Waals surface area contributed by atoms with Gasteiger partial charge in [0.05, 0.1) is 12.2 Å². The Kier molecular flexibility index (Phi) is 8.84. The molecule has 1 unspecified atom stereocenters. The highest BCUT2D eigenvalue weighted by Crippen LogP contribution is 2.12. The summed E-state index contributed by atoms with van der Waals surface area (Å²) in [7, 11) is 1.72. The number of benzene rings is 2. The summed E-state index contributed by atoms with van der Waals surface area (Å²) in [4.78, 5) is 8.16. The Morgan fingerprint density at radius 3 is 2.48 bits per heavy atom. The summed E-state index contributed by atoms with van der Waals surface area (Å²) in [5, 5.41) is 10.6. The van der Waals surface area contributed by atoms with Crippen molar-refractivity contribution in [1.29, 1.82) is 0 Å². The molecule has 2 aromatic carbocycles. The average molecular weight is 510 g/mol. The van der Waals surface area contributed by atoms with E-state index in [1.807, 2.05) is 31.2 Å². The fourth-order valence-corrected chi connectivity index (χ4v) is 2.54. The van der Waals surface area contributed by atoms with E-state index >= 15 is 0 Å². The van der Waals surface area contributed by atoms with Crippen LogP contribution in [0.15, 0.2) is 66.2 Å². The molecule has 0 saturated carbocycles. The number of hydrogen-bond donors (Lipinski definition) is 2. The minimum atomic E-state index is -0.281. The highest BCUT2D eigenvalue weighted by atomic mass is 127. The van der Waals surface area contributed by atoms with Crippen LogP contribution in [-0.4, -0.2) is 40.4 Å². The number of hydrogen-bond acceptors (Lipinski definition) is 4. The molecule has 3 rings (SSSR count). The summed E-state index contributed by atoms with van der Waals surface area (Å²) in [5.41, 5.74) is 2.07. The van der Waals surface area contributed by atoms with Crippen molar-refractivity contribution in [2.75, 3.05) is 13.6 Å². The minimum absolute atomic E-state index is 0. The van der Waals surface area contributed by atoms with Gasteiger partial charge in [-0.3, -0.25) is 4.99 Å². The maximum absolute atomic E-state index is 12.9. The Hall–Kier alpha value is -2.69. The van der Waals surface area contributed by atoms with Gasteiger partial charge in [-0.25, -0.2) is 14.1 Å². The van der Waals surface area contributed by atoms with Gasteiger partial charge in [0.25, 0.3) is 0 Å². The molecule has 0 saturated heterocycles. The molecule has 0 aliphatic heterocycles. The lowest BCUT2D eigenvalue weighted by Gasteiger charge is -2.18. The third-order valence-corrected chi connectivity index (χ3v) is 4.01. The second kappa shape index (κ2) is 11.3. The standard InChI is InChI=1S/C20H23FN6O.HI/c1-15(28-19-9-5-17(21)6-10-19)11-24-20(22-2)25-12-16-3-7-18(8-4-16)27-14-23-13-26-27;/h3-10,13-15H,11-12H2,1-2H3,(H2,22,24,25);1H. The molecule has 29 heavy (non-hydrogen) atoms. The van der Waals surface area contributed by atoms with Crippen LogP contribution in [0.4, 0.5) is 4.39 Å². The number of aromatic nitrogens is 3. The predicted octanol–water partition coefficient (Wildman–Crippen LogP) is 3.16. The molecule has 7 nitrogen and oxygen atoms in total. The van der Waals surface area contributed by atoms with Crippen LogP contribution in [0, 0.1) is 5.82 Å².